The average molecular weight is 333 g/mol. The molecule has 122 valence electrons. The molecule has 0 saturated carbocycles. The van der Waals surface area contributed by atoms with Gasteiger partial charge in [0.25, 0.3) is 11.6 Å². The molecule has 7 heteroatoms. The van der Waals surface area contributed by atoms with Crippen LogP contribution in [0.2, 0.25) is 0 Å². The zero-order valence-corrected chi connectivity index (χ0v) is 13.8. The van der Waals surface area contributed by atoms with Crippen molar-refractivity contribution in [2.24, 2.45) is 5.92 Å². The quantitative estimate of drug-likeness (QED) is 0.689. The minimum Gasteiger partial charge on any atom is -0.338 e. The van der Waals surface area contributed by atoms with Crippen LogP contribution in [0, 0.1) is 16.0 Å². The Kier molecular flexibility index (Phi) is 4.58. The molecule has 0 bridgehead atoms. The number of nitrogens with one attached hydrogen (secondary N) is 1. The molecule has 1 saturated heterocycles. The number of likely N-dealkylation sites (tertiary alicyclic amines) is 1. The lowest BCUT2D eigenvalue weighted by Crippen LogP contribution is -2.42. The molecule has 6 nitrogen and oxygen atoms in total. The normalized spacial score (nSPS) is 18.3. The lowest BCUT2D eigenvalue weighted by molar-refractivity contribution is -0.384. The van der Waals surface area contributed by atoms with Gasteiger partial charge < -0.3 is 10.2 Å². The van der Waals surface area contributed by atoms with Gasteiger partial charge in [-0.25, -0.2) is 0 Å². The Morgan fingerprint density at radius 1 is 1.48 bits per heavy atom. The zero-order chi connectivity index (χ0) is 16.4. The van der Waals surface area contributed by atoms with Gasteiger partial charge in [0.05, 0.1) is 9.80 Å². The first-order chi connectivity index (χ1) is 11.1. The van der Waals surface area contributed by atoms with E-state index in [2.05, 4.69) is 5.32 Å². The molecule has 0 radical (unpaired) electrons. The molecule has 1 amide bonds. The van der Waals surface area contributed by atoms with Crippen LogP contribution in [0.5, 0.6) is 0 Å². The Labute approximate surface area is 138 Å². The number of piperidine rings is 1. The Balaban J connectivity index is 1.81. The average Bonchev–Trinajstić information content (AvgIpc) is 2.97. The van der Waals surface area contributed by atoms with Crippen LogP contribution in [0.25, 0.3) is 10.1 Å². The van der Waals surface area contributed by atoms with E-state index < -0.39 is 4.92 Å². The second kappa shape index (κ2) is 6.64. The summed E-state index contributed by atoms with van der Waals surface area (Å²) in [6.45, 7) is 2.48. The molecular formula is C16H19N3O3S. The molecule has 0 aliphatic carbocycles. The number of hydrogen-bond acceptors (Lipinski definition) is 5. The number of nitro benzene ring substituents is 1. The third-order valence-electron chi connectivity index (χ3n) is 4.22. The minimum absolute atomic E-state index is 0.0367. The summed E-state index contributed by atoms with van der Waals surface area (Å²) >= 11 is 1.40. The van der Waals surface area contributed by atoms with Gasteiger partial charge in [0.15, 0.2) is 0 Å². The molecule has 1 unspecified atom stereocenters. The van der Waals surface area contributed by atoms with Crippen LogP contribution in [-0.4, -0.2) is 42.4 Å². The number of benzene rings is 1. The number of rotatable bonds is 4. The van der Waals surface area contributed by atoms with Gasteiger partial charge >= 0.3 is 0 Å². The van der Waals surface area contributed by atoms with E-state index in [1.54, 1.807) is 12.1 Å². The van der Waals surface area contributed by atoms with Crippen molar-refractivity contribution in [2.45, 2.75) is 12.8 Å². The van der Waals surface area contributed by atoms with Gasteiger partial charge in [0, 0.05) is 35.3 Å². The van der Waals surface area contributed by atoms with Gasteiger partial charge in [-0.15, -0.1) is 11.3 Å². The van der Waals surface area contributed by atoms with Crippen molar-refractivity contribution in [3.05, 3.63) is 39.3 Å². The largest absolute Gasteiger partial charge is 0.338 e. The SMILES string of the molecule is CNCC1CCCN(C(=O)c2cc3cc([N+](=O)[O-])ccc3s2)C1. The van der Waals surface area contributed by atoms with Crippen molar-refractivity contribution in [3.63, 3.8) is 0 Å². The van der Waals surface area contributed by atoms with Gasteiger partial charge in [0.2, 0.25) is 0 Å². The number of non-ortho nitro benzene ring substituents is 1. The summed E-state index contributed by atoms with van der Waals surface area (Å²) in [6, 6.07) is 6.51. The Hall–Kier alpha value is -1.99. The van der Waals surface area contributed by atoms with Crippen LogP contribution in [0.4, 0.5) is 5.69 Å². The van der Waals surface area contributed by atoms with Crippen molar-refractivity contribution >= 4 is 33.0 Å². The molecule has 1 atom stereocenters. The predicted molar refractivity (Wildman–Crippen MR) is 91.0 cm³/mol. The van der Waals surface area contributed by atoms with Crippen LogP contribution >= 0.6 is 11.3 Å². The van der Waals surface area contributed by atoms with Crippen molar-refractivity contribution < 1.29 is 9.72 Å². The molecule has 2 aromatic rings. The minimum atomic E-state index is -0.411. The molecule has 1 fully saturated rings. The maximum atomic E-state index is 12.7. The molecule has 1 aromatic carbocycles. The van der Waals surface area contributed by atoms with E-state index in [9.17, 15) is 14.9 Å². The van der Waals surface area contributed by atoms with Crippen molar-refractivity contribution in [1.29, 1.82) is 0 Å². The zero-order valence-electron chi connectivity index (χ0n) is 12.9. The first-order valence-electron chi connectivity index (χ1n) is 7.70. The molecule has 23 heavy (non-hydrogen) atoms. The summed E-state index contributed by atoms with van der Waals surface area (Å²) < 4.78 is 0.905. The Morgan fingerprint density at radius 3 is 3.04 bits per heavy atom. The summed E-state index contributed by atoms with van der Waals surface area (Å²) in [6.07, 6.45) is 2.16. The number of carbonyl (C=O) groups is 1. The fraction of sp³-hybridized carbons (Fsp3) is 0.438. The summed E-state index contributed by atoms with van der Waals surface area (Å²) in [4.78, 5) is 25.7. The maximum absolute atomic E-state index is 12.7. The second-order valence-electron chi connectivity index (χ2n) is 5.91. The maximum Gasteiger partial charge on any atom is 0.270 e. The highest BCUT2D eigenvalue weighted by molar-refractivity contribution is 7.20. The third kappa shape index (κ3) is 3.35. The molecule has 1 aromatic heterocycles. The molecule has 1 aliphatic heterocycles. The number of amides is 1. The standard InChI is InChI=1S/C16H19N3O3S/c1-17-9-11-3-2-6-18(10-11)16(20)15-8-12-7-13(19(21)22)4-5-14(12)23-15/h4-5,7-8,11,17H,2-3,6,9-10H2,1H3. The predicted octanol–water partition coefficient (Wildman–Crippen LogP) is 2.88. The highest BCUT2D eigenvalue weighted by atomic mass is 32.1. The van der Waals surface area contributed by atoms with Crippen LogP contribution in [0.1, 0.15) is 22.5 Å². The van der Waals surface area contributed by atoms with Gasteiger partial charge in [0.1, 0.15) is 0 Å². The smallest absolute Gasteiger partial charge is 0.270 e. The number of fused-ring (bicyclic) bond motifs is 1. The molecular weight excluding hydrogens is 314 g/mol. The number of hydrogen-bond donors (Lipinski definition) is 1. The summed E-state index contributed by atoms with van der Waals surface area (Å²) in [5.41, 5.74) is 0.0568. The van der Waals surface area contributed by atoms with Gasteiger partial charge in [-0.1, -0.05) is 0 Å². The summed E-state index contributed by atoms with van der Waals surface area (Å²) in [5, 5.41) is 14.8. The fourth-order valence-electron chi connectivity index (χ4n) is 3.11. The number of nitrogens with zero attached hydrogens (tertiary/aromatic N) is 2. The monoisotopic (exact) mass is 333 g/mol. The second-order valence-corrected chi connectivity index (χ2v) is 6.99. The van der Waals surface area contributed by atoms with E-state index in [-0.39, 0.29) is 11.6 Å². The number of thiophene rings is 1. The highest BCUT2D eigenvalue weighted by Gasteiger charge is 2.25. The van der Waals surface area contributed by atoms with E-state index in [1.165, 1.54) is 23.5 Å². The molecule has 2 heterocycles. The topological polar surface area (TPSA) is 75.5 Å². The summed E-state index contributed by atoms with van der Waals surface area (Å²) in [5.74, 6) is 0.530. The lowest BCUT2D eigenvalue weighted by Gasteiger charge is -2.32. The van der Waals surface area contributed by atoms with Crippen LogP contribution in [-0.2, 0) is 0 Å². The van der Waals surface area contributed by atoms with Crippen molar-refractivity contribution in [2.75, 3.05) is 26.7 Å². The molecule has 0 spiro atoms. The van der Waals surface area contributed by atoms with Gasteiger partial charge in [-0.05, 0) is 44.5 Å². The Bertz CT molecular complexity index is 741. The Morgan fingerprint density at radius 2 is 2.30 bits per heavy atom. The molecule has 1 N–H and O–H groups in total. The van der Waals surface area contributed by atoms with E-state index >= 15 is 0 Å². The first kappa shape index (κ1) is 15.9. The van der Waals surface area contributed by atoms with Crippen LogP contribution in [0.3, 0.4) is 0 Å². The van der Waals surface area contributed by atoms with E-state index in [1.807, 2.05) is 11.9 Å². The number of carbonyl (C=O) groups excluding carboxylic acids is 1. The summed E-state index contributed by atoms with van der Waals surface area (Å²) in [7, 11) is 1.93. The van der Waals surface area contributed by atoms with E-state index in [0.29, 0.717) is 10.8 Å². The van der Waals surface area contributed by atoms with Crippen molar-refractivity contribution in [1.82, 2.24) is 10.2 Å². The number of nitro groups is 1. The lowest BCUT2D eigenvalue weighted by atomic mass is 9.98. The van der Waals surface area contributed by atoms with Gasteiger partial charge in [-0.3, -0.25) is 14.9 Å². The molecule has 3 rings (SSSR count). The third-order valence-corrected chi connectivity index (χ3v) is 5.32. The van der Waals surface area contributed by atoms with Gasteiger partial charge in [-0.2, -0.15) is 0 Å². The van der Waals surface area contributed by atoms with Crippen LogP contribution in [0.15, 0.2) is 24.3 Å². The van der Waals surface area contributed by atoms with E-state index in [4.69, 9.17) is 0 Å². The molecule has 1 aliphatic rings. The van der Waals surface area contributed by atoms with E-state index in [0.717, 1.165) is 42.6 Å². The van der Waals surface area contributed by atoms with Crippen LogP contribution < -0.4 is 5.32 Å². The fourth-order valence-corrected chi connectivity index (χ4v) is 4.12. The van der Waals surface area contributed by atoms with Crippen molar-refractivity contribution in [3.8, 4) is 0 Å². The first-order valence-corrected chi connectivity index (χ1v) is 8.52. The highest BCUT2D eigenvalue weighted by Crippen LogP contribution is 2.30.